The molecule has 1 amide bonds. The Morgan fingerprint density at radius 1 is 1.22 bits per heavy atom. The fourth-order valence-electron chi connectivity index (χ4n) is 2.84. The van der Waals surface area contributed by atoms with E-state index in [1.54, 1.807) is 0 Å². The summed E-state index contributed by atoms with van der Waals surface area (Å²) in [5.41, 5.74) is 4.65. The average Bonchev–Trinajstić information content (AvgIpc) is 2.86. The predicted molar refractivity (Wildman–Crippen MR) is 92.4 cm³/mol. The number of fused-ring (bicyclic) bond motifs is 1. The van der Waals surface area contributed by atoms with Gasteiger partial charge in [0.25, 0.3) is 0 Å². The molecule has 23 heavy (non-hydrogen) atoms. The van der Waals surface area contributed by atoms with E-state index in [0.717, 1.165) is 33.3 Å². The maximum atomic E-state index is 12.4. The highest BCUT2D eigenvalue weighted by molar-refractivity contribution is 5.96. The van der Waals surface area contributed by atoms with Gasteiger partial charge in [-0.2, -0.15) is 0 Å². The van der Waals surface area contributed by atoms with Gasteiger partial charge in [0.05, 0.1) is 13.0 Å². The summed E-state index contributed by atoms with van der Waals surface area (Å²) < 4.78 is 2.04. The normalized spacial score (nSPS) is 10.9. The molecule has 4 nitrogen and oxygen atoms in total. The molecule has 0 aliphatic heterocycles. The Bertz CT molecular complexity index is 865. The second kappa shape index (κ2) is 6.26. The molecular weight excluding hydrogens is 288 g/mol. The van der Waals surface area contributed by atoms with Gasteiger partial charge in [0, 0.05) is 29.8 Å². The number of nitrogens with one attached hydrogen (secondary N) is 1. The number of nitrogens with zero attached hydrogens (tertiary/aromatic N) is 1. The summed E-state index contributed by atoms with van der Waals surface area (Å²) in [5, 5.41) is 13.3. The minimum atomic E-state index is -0.0560. The molecule has 3 aromatic rings. The number of carbonyl (C=O) groups excluding carboxylic acids is 1. The number of aliphatic hydroxyl groups excluding tert-OH is 1. The van der Waals surface area contributed by atoms with Crippen molar-refractivity contribution in [2.24, 2.45) is 7.05 Å². The molecule has 0 spiro atoms. The fourth-order valence-corrected chi connectivity index (χ4v) is 2.84. The minimum absolute atomic E-state index is 0.0352. The number of carbonyl (C=O) groups is 1. The van der Waals surface area contributed by atoms with Crippen molar-refractivity contribution >= 4 is 22.5 Å². The topological polar surface area (TPSA) is 54.3 Å². The maximum absolute atomic E-state index is 12.4. The largest absolute Gasteiger partial charge is 0.392 e. The molecule has 0 aliphatic carbocycles. The zero-order valence-corrected chi connectivity index (χ0v) is 13.3. The molecular formula is C19H20N2O2. The summed E-state index contributed by atoms with van der Waals surface area (Å²) in [4.78, 5) is 12.4. The zero-order chi connectivity index (χ0) is 16.4. The van der Waals surface area contributed by atoms with Crippen molar-refractivity contribution in [2.75, 3.05) is 5.32 Å². The third-order valence-electron chi connectivity index (χ3n) is 4.09. The number of rotatable bonds is 4. The van der Waals surface area contributed by atoms with E-state index in [1.165, 1.54) is 0 Å². The summed E-state index contributed by atoms with van der Waals surface area (Å²) in [5.74, 6) is -0.0560. The first-order valence-electron chi connectivity index (χ1n) is 7.61. The third-order valence-corrected chi connectivity index (χ3v) is 4.09. The molecule has 2 aromatic carbocycles. The molecule has 1 heterocycles. The van der Waals surface area contributed by atoms with Crippen LogP contribution in [-0.4, -0.2) is 15.6 Å². The van der Waals surface area contributed by atoms with Crippen molar-refractivity contribution in [2.45, 2.75) is 20.0 Å². The Labute approximate surface area is 135 Å². The Hall–Kier alpha value is -2.59. The van der Waals surface area contributed by atoms with E-state index in [1.807, 2.05) is 67.2 Å². The van der Waals surface area contributed by atoms with Crippen molar-refractivity contribution in [3.05, 3.63) is 65.4 Å². The maximum Gasteiger partial charge on any atom is 0.228 e. The number of hydrogen-bond acceptors (Lipinski definition) is 2. The molecule has 0 fully saturated rings. The number of aryl methyl sites for hydroxylation is 2. The highest BCUT2D eigenvalue weighted by Crippen LogP contribution is 2.22. The smallest absolute Gasteiger partial charge is 0.228 e. The number of aliphatic hydroxyl groups is 1. The lowest BCUT2D eigenvalue weighted by molar-refractivity contribution is -0.115. The van der Waals surface area contributed by atoms with Gasteiger partial charge in [-0.3, -0.25) is 4.79 Å². The number of amides is 1. The molecule has 0 unspecified atom stereocenters. The summed E-state index contributed by atoms with van der Waals surface area (Å²) in [7, 11) is 1.98. The lowest BCUT2D eigenvalue weighted by atomic mass is 10.1. The van der Waals surface area contributed by atoms with Crippen LogP contribution in [0.3, 0.4) is 0 Å². The van der Waals surface area contributed by atoms with Gasteiger partial charge in [0.2, 0.25) is 5.91 Å². The van der Waals surface area contributed by atoms with Gasteiger partial charge in [-0.25, -0.2) is 0 Å². The number of aromatic nitrogens is 1. The molecule has 3 rings (SSSR count). The fraction of sp³-hybridized carbons (Fsp3) is 0.211. The summed E-state index contributed by atoms with van der Waals surface area (Å²) in [6.45, 7) is 1.90. The van der Waals surface area contributed by atoms with Crippen molar-refractivity contribution in [3.8, 4) is 0 Å². The lowest BCUT2D eigenvalue weighted by Crippen LogP contribution is -2.15. The van der Waals surface area contributed by atoms with E-state index >= 15 is 0 Å². The van der Waals surface area contributed by atoms with Crippen LogP contribution in [0.1, 0.15) is 16.7 Å². The van der Waals surface area contributed by atoms with Gasteiger partial charge in [0.15, 0.2) is 0 Å². The van der Waals surface area contributed by atoms with E-state index in [2.05, 4.69) is 5.32 Å². The van der Waals surface area contributed by atoms with Gasteiger partial charge in [-0.05, 0) is 35.7 Å². The Morgan fingerprint density at radius 2 is 2.00 bits per heavy atom. The van der Waals surface area contributed by atoms with Crippen molar-refractivity contribution in [1.82, 2.24) is 4.57 Å². The lowest BCUT2D eigenvalue weighted by Gasteiger charge is -2.09. The van der Waals surface area contributed by atoms with E-state index in [9.17, 15) is 9.90 Å². The van der Waals surface area contributed by atoms with Gasteiger partial charge >= 0.3 is 0 Å². The Morgan fingerprint density at radius 3 is 2.78 bits per heavy atom. The summed E-state index contributed by atoms with van der Waals surface area (Å²) >= 11 is 0. The number of para-hydroxylation sites is 1. The molecule has 0 atom stereocenters. The molecule has 0 bridgehead atoms. The molecule has 0 saturated heterocycles. The molecule has 1 aromatic heterocycles. The second-order valence-corrected chi connectivity index (χ2v) is 5.81. The van der Waals surface area contributed by atoms with Crippen molar-refractivity contribution in [3.63, 3.8) is 0 Å². The molecule has 118 valence electrons. The number of benzene rings is 2. The van der Waals surface area contributed by atoms with E-state index in [-0.39, 0.29) is 12.5 Å². The van der Waals surface area contributed by atoms with Crippen LogP contribution < -0.4 is 5.32 Å². The SMILES string of the molecule is Cc1ccc(CO)cc1NC(=O)Cc1cn(C)c2ccccc12. The van der Waals surface area contributed by atoms with E-state index in [4.69, 9.17) is 0 Å². The van der Waals surface area contributed by atoms with Gasteiger partial charge in [-0.1, -0.05) is 30.3 Å². The molecule has 0 radical (unpaired) electrons. The summed E-state index contributed by atoms with van der Waals surface area (Å²) in [6.07, 6.45) is 2.32. The van der Waals surface area contributed by atoms with Crippen LogP contribution >= 0.6 is 0 Å². The molecule has 4 heteroatoms. The first kappa shape index (κ1) is 15.3. The molecule has 0 saturated carbocycles. The summed E-state index contributed by atoms with van der Waals surface area (Å²) in [6, 6.07) is 13.6. The zero-order valence-electron chi connectivity index (χ0n) is 13.3. The molecule has 0 aliphatic rings. The second-order valence-electron chi connectivity index (χ2n) is 5.81. The van der Waals surface area contributed by atoms with Gasteiger partial charge < -0.3 is 15.0 Å². The van der Waals surface area contributed by atoms with Crippen LogP contribution in [0.25, 0.3) is 10.9 Å². The van der Waals surface area contributed by atoms with Crippen molar-refractivity contribution < 1.29 is 9.90 Å². The molecule has 2 N–H and O–H groups in total. The van der Waals surface area contributed by atoms with E-state index in [0.29, 0.717) is 6.42 Å². The first-order chi connectivity index (χ1) is 11.1. The monoisotopic (exact) mass is 308 g/mol. The Balaban J connectivity index is 1.82. The van der Waals surface area contributed by atoms with Crippen LogP contribution in [0.5, 0.6) is 0 Å². The Kier molecular flexibility index (Phi) is 4.17. The highest BCUT2D eigenvalue weighted by Gasteiger charge is 2.11. The van der Waals surface area contributed by atoms with Crippen LogP contribution in [-0.2, 0) is 24.9 Å². The third kappa shape index (κ3) is 3.12. The number of anilines is 1. The quantitative estimate of drug-likeness (QED) is 0.778. The van der Waals surface area contributed by atoms with Gasteiger partial charge in [-0.15, -0.1) is 0 Å². The first-order valence-corrected chi connectivity index (χ1v) is 7.61. The van der Waals surface area contributed by atoms with Crippen LogP contribution in [0, 0.1) is 6.92 Å². The average molecular weight is 308 g/mol. The van der Waals surface area contributed by atoms with Crippen molar-refractivity contribution in [1.29, 1.82) is 0 Å². The van der Waals surface area contributed by atoms with E-state index < -0.39 is 0 Å². The van der Waals surface area contributed by atoms with Crippen LogP contribution in [0.2, 0.25) is 0 Å². The van der Waals surface area contributed by atoms with Crippen LogP contribution in [0.4, 0.5) is 5.69 Å². The predicted octanol–water partition coefficient (Wildman–Crippen LogP) is 3.16. The number of hydrogen-bond donors (Lipinski definition) is 2. The highest BCUT2D eigenvalue weighted by atomic mass is 16.3. The van der Waals surface area contributed by atoms with Crippen LogP contribution in [0.15, 0.2) is 48.7 Å². The minimum Gasteiger partial charge on any atom is -0.392 e. The standard InChI is InChI=1S/C19H20N2O2/c1-13-7-8-14(12-22)9-17(13)20-19(23)10-15-11-21(2)18-6-4-3-5-16(15)18/h3-9,11,22H,10,12H2,1-2H3,(H,20,23). The van der Waals surface area contributed by atoms with Gasteiger partial charge in [0.1, 0.15) is 0 Å².